The van der Waals surface area contributed by atoms with E-state index in [1.165, 1.54) is 44.5 Å². The van der Waals surface area contributed by atoms with Crippen LogP contribution in [-0.2, 0) is 0 Å². The molecule has 12 rings (SSSR count). The number of aromatic nitrogens is 3. The van der Waals surface area contributed by atoms with E-state index in [2.05, 4.69) is 225 Å². The molecular formula is C64H46N4. The third kappa shape index (κ3) is 7.05. The molecule has 0 aliphatic heterocycles. The zero-order chi connectivity index (χ0) is 46.0. The van der Waals surface area contributed by atoms with Crippen molar-refractivity contribution in [2.45, 2.75) is 27.7 Å². The molecule has 4 nitrogen and oxygen atoms in total. The fraction of sp³-hybridized carbons (Fsp3) is 0.0625. The summed E-state index contributed by atoms with van der Waals surface area (Å²) in [4.78, 5) is 5.42. The Morgan fingerprint density at radius 1 is 0.353 bits per heavy atom. The van der Waals surface area contributed by atoms with Gasteiger partial charge in [-0.1, -0.05) is 156 Å². The van der Waals surface area contributed by atoms with Crippen LogP contribution in [0.3, 0.4) is 0 Å². The van der Waals surface area contributed by atoms with Crippen LogP contribution in [-0.4, -0.2) is 14.1 Å². The van der Waals surface area contributed by atoms with Gasteiger partial charge in [-0.05, 0) is 144 Å². The molecule has 0 unspecified atom stereocenters. The predicted octanol–water partition coefficient (Wildman–Crippen LogP) is 16.7. The lowest BCUT2D eigenvalue weighted by Crippen LogP contribution is -2.03. The maximum absolute atomic E-state index is 10.2. The summed E-state index contributed by atoms with van der Waals surface area (Å²) < 4.78 is 4.67. The molecule has 0 atom stereocenters. The zero-order valence-electron chi connectivity index (χ0n) is 38.4. The molecule has 12 aromatic rings. The molecule has 3 heterocycles. The Labute approximate surface area is 396 Å². The van der Waals surface area contributed by atoms with Crippen LogP contribution in [0.2, 0.25) is 0 Å². The fourth-order valence-electron chi connectivity index (χ4n) is 9.98. The second-order valence-electron chi connectivity index (χ2n) is 18.3. The first kappa shape index (κ1) is 40.7. The number of nitrogens with zero attached hydrogens (tertiary/aromatic N) is 4. The van der Waals surface area contributed by atoms with Crippen molar-refractivity contribution in [3.05, 3.63) is 234 Å². The number of hydrogen-bond acceptors (Lipinski definition) is 2. The number of hydrogen-bond donors (Lipinski definition) is 0. The number of aryl methyl sites for hydroxylation is 4. The summed E-state index contributed by atoms with van der Waals surface area (Å²) in [5.41, 5.74) is 22.0. The normalized spacial score (nSPS) is 11.5. The SMILES string of the molecule is Cc1ccc(-c2ccc3c(c2)c2cc(-c4ccc(C)cc4)ccc2n3-c2cc(-c3cccc(C#N)c3)c(-n3c4ccc(-c5ccc(C)cc5)cc4c4cc(-c5ccc(C)cc5)ccc43)cn2)cc1. The van der Waals surface area contributed by atoms with E-state index >= 15 is 0 Å². The Morgan fingerprint density at radius 2 is 0.706 bits per heavy atom. The molecule has 0 aliphatic carbocycles. The predicted molar refractivity (Wildman–Crippen MR) is 284 cm³/mol. The molecular weight excluding hydrogens is 825 g/mol. The standard InChI is InChI=1S/C64H46N4/c1-40-8-16-45(17-9-40)49-24-28-59-55(33-49)56-34-50(46-18-10-41(2)11-19-46)25-29-60(56)67(59)63-39-66-64(37-54(63)53-7-5-6-44(32-53)38-65)68-61-30-26-51(47-20-12-42(3)13-21-47)35-57(61)58-36-52(27-31-62(58)68)48-22-14-43(4)15-23-48/h5-37,39H,1-4H3. The van der Waals surface area contributed by atoms with Gasteiger partial charge in [-0.2, -0.15) is 5.26 Å². The lowest BCUT2D eigenvalue weighted by atomic mass is 9.99. The van der Waals surface area contributed by atoms with E-state index in [0.29, 0.717) is 5.56 Å². The van der Waals surface area contributed by atoms with E-state index in [1.54, 1.807) is 0 Å². The average molecular weight is 871 g/mol. The molecule has 0 N–H and O–H groups in total. The number of benzene rings is 9. The summed E-state index contributed by atoms with van der Waals surface area (Å²) >= 11 is 0. The maximum atomic E-state index is 10.2. The summed E-state index contributed by atoms with van der Waals surface area (Å²) in [5.74, 6) is 0.793. The van der Waals surface area contributed by atoms with Crippen molar-refractivity contribution in [3.8, 4) is 73.2 Å². The molecule has 4 heteroatoms. The first-order valence-electron chi connectivity index (χ1n) is 23.2. The molecule has 0 saturated carbocycles. The number of pyridine rings is 1. The fourth-order valence-corrected chi connectivity index (χ4v) is 9.98. The Hall–Kier alpha value is -8.78. The van der Waals surface area contributed by atoms with Crippen LogP contribution in [0.4, 0.5) is 0 Å². The number of nitriles is 1. The molecule has 322 valence electrons. The topological polar surface area (TPSA) is 46.5 Å². The van der Waals surface area contributed by atoms with Gasteiger partial charge in [0, 0.05) is 27.1 Å². The molecule has 9 aromatic carbocycles. The summed E-state index contributed by atoms with van der Waals surface area (Å²) in [7, 11) is 0. The van der Waals surface area contributed by atoms with Crippen molar-refractivity contribution in [2.75, 3.05) is 0 Å². The first-order chi connectivity index (χ1) is 33.3. The van der Waals surface area contributed by atoms with Crippen LogP contribution in [0.15, 0.2) is 206 Å². The molecule has 0 amide bonds. The Bertz CT molecular complexity index is 3770. The van der Waals surface area contributed by atoms with Crippen LogP contribution in [0, 0.1) is 39.0 Å². The van der Waals surface area contributed by atoms with Crippen molar-refractivity contribution in [1.82, 2.24) is 14.1 Å². The largest absolute Gasteiger partial charge is 0.307 e. The summed E-state index contributed by atoms with van der Waals surface area (Å²) in [6.07, 6.45) is 2.03. The van der Waals surface area contributed by atoms with Gasteiger partial charge in [0.05, 0.1) is 45.6 Å². The first-order valence-corrected chi connectivity index (χ1v) is 23.2. The van der Waals surface area contributed by atoms with Crippen molar-refractivity contribution in [1.29, 1.82) is 5.26 Å². The third-order valence-electron chi connectivity index (χ3n) is 13.7. The molecule has 3 aromatic heterocycles. The Balaban J connectivity index is 1.11. The quantitative estimate of drug-likeness (QED) is 0.160. The summed E-state index contributed by atoms with van der Waals surface area (Å²) in [5, 5.41) is 14.8. The monoisotopic (exact) mass is 870 g/mol. The smallest absolute Gasteiger partial charge is 0.138 e. The second-order valence-corrected chi connectivity index (χ2v) is 18.3. The van der Waals surface area contributed by atoms with Gasteiger partial charge < -0.3 is 4.57 Å². The molecule has 68 heavy (non-hydrogen) atoms. The van der Waals surface area contributed by atoms with Gasteiger partial charge in [-0.15, -0.1) is 0 Å². The van der Waals surface area contributed by atoms with E-state index in [0.717, 1.165) is 88.5 Å². The van der Waals surface area contributed by atoms with Crippen LogP contribution < -0.4 is 0 Å². The number of fused-ring (bicyclic) bond motifs is 6. The lowest BCUT2D eigenvalue weighted by Gasteiger charge is -2.17. The molecule has 0 saturated heterocycles. The van der Waals surface area contributed by atoms with Gasteiger partial charge in [-0.3, -0.25) is 4.57 Å². The Morgan fingerprint density at radius 3 is 1.07 bits per heavy atom. The van der Waals surface area contributed by atoms with Gasteiger partial charge in [0.2, 0.25) is 0 Å². The highest BCUT2D eigenvalue weighted by Gasteiger charge is 2.22. The van der Waals surface area contributed by atoms with Crippen molar-refractivity contribution < 1.29 is 0 Å². The molecule has 0 spiro atoms. The Kier molecular flexibility index (Phi) is 9.74. The highest BCUT2D eigenvalue weighted by atomic mass is 15.1. The van der Waals surface area contributed by atoms with E-state index < -0.39 is 0 Å². The van der Waals surface area contributed by atoms with E-state index in [4.69, 9.17) is 4.98 Å². The highest BCUT2D eigenvalue weighted by Crippen LogP contribution is 2.42. The van der Waals surface area contributed by atoms with E-state index in [-0.39, 0.29) is 0 Å². The van der Waals surface area contributed by atoms with E-state index in [9.17, 15) is 5.26 Å². The maximum Gasteiger partial charge on any atom is 0.138 e. The van der Waals surface area contributed by atoms with Crippen LogP contribution >= 0.6 is 0 Å². The zero-order valence-corrected chi connectivity index (χ0v) is 38.4. The van der Waals surface area contributed by atoms with Crippen molar-refractivity contribution in [2.24, 2.45) is 0 Å². The van der Waals surface area contributed by atoms with Crippen LogP contribution in [0.25, 0.3) is 111 Å². The average Bonchev–Trinajstić information content (AvgIpc) is 3.88. The lowest BCUT2D eigenvalue weighted by molar-refractivity contribution is 1.06. The minimum Gasteiger partial charge on any atom is -0.307 e. The van der Waals surface area contributed by atoms with Crippen LogP contribution in [0.1, 0.15) is 27.8 Å². The number of rotatable bonds is 7. The van der Waals surface area contributed by atoms with Gasteiger partial charge in [0.1, 0.15) is 5.82 Å². The minimum atomic E-state index is 0.601. The third-order valence-corrected chi connectivity index (χ3v) is 13.7. The summed E-state index contributed by atoms with van der Waals surface area (Å²) in [6, 6.07) is 74.9. The molecule has 0 aliphatic rings. The van der Waals surface area contributed by atoms with E-state index in [1.807, 2.05) is 24.4 Å². The highest BCUT2D eigenvalue weighted by molar-refractivity contribution is 6.13. The van der Waals surface area contributed by atoms with Gasteiger partial charge in [0.25, 0.3) is 0 Å². The second kappa shape index (κ2) is 16.3. The summed E-state index contributed by atoms with van der Waals surface area (Å²) in [6.45, 7) is 8.51. The van der Waals surface area contributed by atoms with Gasteiger partial charge in [0.15, 0.2) is 0 Å². The van der Waals surface area contributed by atoms with Crippen molar-refractivity contribution in [3.63, 3.8) is 0 Å². The van der Waals surface area contributed by atoms with Crippen LogP contribution in [0.5, 0.6) is 0 Å². The minimum absolute atomic E-state index is 0.601. The molecule has 0 radical (unpaired) electrons. The van der Waals surface area contributed by atoms with Gasteiger partial charge in [-0.25, -0.2) is 4.98 Å². The van der Waals surface area contributed by atoms with Crippen molar-refractivity contribution >= 4 is 43.6 Å². The molecule has 0 bridgehead atoms. The molecule has 0 fully saturated rings. The van der Waals surface area contributed by atoms with Gasteiger partial charge >= 0.3 is 0 Å².